The quantitative estimate of drug-likeness (QED) is 0.889. The van der Waals surface area contributed by atoms with Crippen molar-refractivity contribution in [2.24, 2.45) is 0 Å². The Kier molecular flexibility index (Phi) is 6.18. The molecule has 1 aliphatic rings. The number of halogens is 1. The highest BCUT2D eigenvalue weighted by Crippen LogP contribution is 2.27. The van der Waals surface area contributed by atoms with Crippen LogP contribution in [0.4, 0.5) is 0 Å². The van der Waals surface area contributed by atoms with E-state index in [4.69, 9.17) is 0 Å². The Bertz CT molecular complexity index is 729. The zero-order valence-electron chi connectivity index (χ0n) is 12.7. The first-order chi connectivity index (χ1) is 10.7. The molecule has 1 saturated heterocycles. The third-order valence-corrected chi connectivity index (χ3v) is 5.50. The Morgan fingerprint density at radius 3 is 2.22 bits per heavy atom. The van der Waals surface area contributed by atoms with Gasteiger partial charge in [0.05, 0.1) is 4.90 Å². The lowest BCUT2D eigenvalue weighted by Crippen LogP contribution is -2.42. The lowest BCUT2D eigenvalue weighted by Gasteiger charge is -2.24. The number of sulfonamides is 1. The first-order valence-electron chi connectivity index (χ1n) is 7.54. The summed E-state index contributed by atoms with van der Waals surface area (Å²) in [5.74, 6) is 0. The largest absolute Gasteiger partial charge is 0.317 e. The van der Waals surface area contributed by atoms with E-state index < -0.39 is 10.0 Å². The standard InChI is InChI=1S/C17H20N2O2S.ClH/c20-22(21,19-15-10-12-18-13-11-15)17-9-5-4-8-16(17)14-6-2-1-3-7-14;/h1-9,15,18-19H,10-13H2;1H. The topological polar surface area (TPSA) is 58.2 Å². The van der Waals surface area contributed by atoms with Gasteiger partial charge in [0, 0.05) is 11.6 Å². The number of benzene rings is 2. The molecule has 6 heteroatoms. The van der Waals surface area contributed by atoms with Crippen molar-refractivity contribution < 1.29 is 8.42 Å². The van der Waals surface area contributed by atoms with Gasteiger partial charge in [-0.2, -0.15) is 0 Å². The summed E-state index contributed by atoms with van der Waals surface area (Å²) in [4.78, 5) is 0.347. The summed E-state index contributed by atoms with van der Waals surface area (Å²) in [5, 5.41) is 3.24. The van der Waals surface area contributed by atoms with Crippen molar-refractivity contribution in [2.45, 2.75) is 23.8 Å². The molecular weight excluding hydrogens is 332 g/mol. The minimum absolute atomic E-state index is 0. The number of piperidine rings is 1. The normalized spacial score (nSPS) is 15.8. The van der Waals surface area contributed by atoms with Gasteiger partial charge in [-0.3, -0.25) is 0 Å². The maximum atomic E-state index is 12.8. The summed E-state index contributed by atoms with van der Waals surface area (Å²) in [6.45, 7) is 1.71. The summed E-state index contributed by atoms with van der Waals surface area (Å²) in [6, 6.07) is 16.8. The van der Waals surface area contributed by atoms with E-state index in [-0.39, 0.29) is 18.4 Å². The van der Waals surface area contributed by atoms with Crippen molar-refractivity contribution in [3.05, 3.63) is 54.6 Å². The molecule has 0 atom stereocenters. The number of rotatable bonds is 4. The molecule has 0 saturated carbocycles. The van der Waals surface area contributed by atoms with Gasteiger partial charge in [-0.05, 0) is 37.6 Å². The zero-order valence-corrected chi connectivity index (χ0v) is 14.4. The highest BCUT2D eigenvalue weighted by Gasteiger charge is 2.24. The first-order valence-corrected chi connectivity index (χ1v) is 9.03. The predicted molar refractivity (Wildman–Crippen MR) is 95.3 cm³/mol. The fourth-order valence-electron chi connectivity index (χ4n) is 2.78. The molecule has 1 heterocycles. The van der Waals surface area contributed by atoms with Crippen molar-refractivity contribution in [1.82, 2.24) is 10.0 Å². The van der Waals surface area contributed by atoms with Crippen molar-refractivity contribution >= 4 is 22.4 Å². The van der Waals surface area contributed by atoms with Gasteiger partial charge >= 0.3 is 0 Å². The Labute approximate surface area is 143 Å². The molecule has 3 rings (SSSR count). The maximum absolute atomic E-state index is 12.8. The van der Waals surface area contributed by atoms with Crippen LogP contribution in [0.5, 0.6) is 0 Å². The zero-order chi connectivity index (χ0) is 15.4. The minimum Gasteiger partial charge on any atom is -0.317 e. The van der Waals surface area contributed by atoms with E-state index in [1.54, 1.807) is 12.1 Å². The number of hydrogen-bond acceptors (Lipinski definition) is 3. The predicted octanol–water partition coefficient (Wildman–Crippen LogP) is 2.81. The molecule has 2 aromatic rings. The highest BCUT2D eigenvalue weighted by molar-refractivity contribution is 7.89. The molecule has 0 radical (unpaired) electrons. The van der Waals surface area contributed by atoms with E-state index in [9.17, 15) is 8.42 Å². The average Bonchev–Trinajstić information content (AvgIpc) is 2.56. The molecule has 2 aromatic carbocycles. The van der Waals surface area contributed by atoms with E-state index in [0.29, 0.717) is 4.90 Å². The van der Waals surface area contributed by atoms with Gasteiger partial charge in [0.1, 0.15) is 0 Å². The lowest BCUT2D eigenvalue weighted by molar-refractivity contribution is 0.427. The molecule has 0 aromatic heterocycles. The van der Waals surface area contributed by atoms with Gasteiger partial charge in [0.15, 0.2) is 0 Å². The first kappa shape index (κ1) is 17.9. The van der Waals surface area contributed by atoms with Crippen LogP contribution in [-0.4, -0.2) is 27.5 Å². The van der Waals surface area contributed by atoms with Gasteiger partial charge in [0.25, 0.3) is 0 Å². The average molecular weight is 353 g/mol. The van der Waals surface area contributed by atoms with E-state index >= 15 is 0 Å². The van der Waals surface area contributed by atoms with Gasteiger partial charge < -0.3 is 5.32 Å². The Morgan fingerprint density at radius 2 is 1.52 bits per heavy atom. The number of nitrogens with one attached hydrogen (secondary N) is 2. The molecule has 0 unspecified atom stereocenters. The van der Waals surface area contributed by atoms with Crippen LogP contribution in [-0.2, 0) is 10.0 Å². The Hall–Kier alpha value is -1.40. The summed E-state index contributed by atoms with van der Waals surface area (Å²) in [5.41, 5.74) is 1.65. The summed E-state index contributed by atoms with van der Waals surface area (Å²) >= 11 is 0. The van der Waals surface area contributed by atoms with Gasteiger partial charge in [-0.25, -0.2) is 13.1 Å². The molecule has 0 aliphatic carbocycles. The fourth-order valence-corrected chi connectivity index (χ4v) is 4.31. The van der Waals surface area contributed by atoms with E-state index in [0.717, 1.165) is 37.1 Å². The van der Waals surface area contributed by atoms with Crippen molar-refractivity contribution in [2.75, 3.05) is 13.1 Å². The van der Waals surface area contributed by atoms with Crippen LogP contribution < -0.4 is 10.0 Å². The molecule has 124 valence electrons. The smallest absolute Gasteiger partial charge is 0.241 e. The van der Waals surface area contributed by atoms with Crippen LogP contribution in [0.2, 0.25) is 0 Å². The Balaban J connectivity index is 0.00000192. The molecule has 0 amide bonds. The van der Waals surface area contributed by atoms with Gasteiger partial charge in [-0.1, -0.05) is 48.5 Å². The molecule has 2 N–H and O–H groups in total. The molecule has 0 bridgehead atoms. The summed E-state index contributed by atoms with van der Waals surface area (Å²) < 4.78 is 28.4. The van der Waals surface area contributed by atoms with Crippen molar-refractivity contribution in [3.8, 4) is 11.1 Å². The van der Waals surface area contributed by atoms with Crippen LogP contribution in [0.3, 0.4) is 0 Å². The van der Waals surface area contributed by atoms with E-state index in [1.165, 1.54) is 0 Å². The highest BCUT2D eigenvalue weighted by atomic mass is 35.5. The van der Waals surface area contributed by atoms with Crippen molar-refractivity contribution in [1.29, 1.82) is 0 Å². The maximum Gasteiger partial charge on any atom is 0.241 e. The summed E-state index contributed by atoms with van der Waals surface area (Å²) in [7, 11) is -3.52. The van der Waals surface area contributed by atoms with Gasteiger partial charge in [0.2, 0.25) is 10.0 Å². The van der Waals surface area contributed by atoms with Crippen LogP contribution in [0.25, 0.3) is 11.1 Å². The van der Waals surface area contributed by atoms with Crippen LogP contribution in [0.1, 0.15) is 12.8 Å². The second-order valence-corrected chi connectivity index (χ2v) is 7.19. The van der Waals surface area contributed by atoms with Crippen LogP contribution in [0, 0.1) is 0 Å². The molecule has 1 fully saturated rings. The number of hydrogen-bond donors (Lipinski definition) is 2. The van der Waals surface area contributed by atoms with Crippen LogP contribution in [0.15, 0.2) is 59.5 Å². The Morgan fingerprint density at radius 1 is 0.913 bits per heavy atom. The van der Waals surface area contributed by atoms with Gasteiger partial charge in [-0.15, -0.1) is 12.4 Å². The monoisotopic (exact) mass is 352 g/mol. The lowest BCUT2D eigenvalue weighted by atomic mass is 10.1. The van der Waals surface area contributed by atoms with Crippen LogP contribution >= 0.6 is 12.4 Å². The SMILES string of the molecule is Cl.O=S(=O)(NC1CCNCC1)c1ccccc1-c1ccccc1. The third kappa shape index (κ3) is 4.32. The molecule has 0 spiro atoms. The van der Waals surface area contributed by atoms with E-state index in [1.807, 2.05) is 42.5 Å². The molecule has 4 nitrogen and oxygen atoms in total. The molecule has 23 heavy (non-hydrogen) atoms. The summed E-state index contributed by atoms with van der Waals surface area (Å²) in [6.07, 6.45) is 1.65. The molecule has 1 aliphatic heterocycles. The molecular formula is C17H21ClN2O2S. The van der Waals surface area contributed by atoms with Crippen molar-refractivity contribution in [3.63, 3.8) is 0 Å². The third-order valence-electron chi connectivity index (χ3n) is 3.92. The van der Waals surface area contributed by atoms with E-state index in [2.05, 4.69) is 10.0 Å². The second kappa shape index (κ2) is 7.93. The minimum atomic E-state index is -3.52. The second-order valence-electron chi connectivity index (χ2n) is 5.51. The fraction of sp³-hybridized carbons (Fsp3) is 0.294.